The van der Waals surface area contributed by atoms with Crippen LogP contribution in [0.1, 0.15) is 27.7 Å². The van der Waals surface area contributed by atoms with Crippen molar-refractivity contribution >= 4 is 11.9 Å². The first-order chi connectivity index (χ1) is 11.4. The van der Waals surface area contributed by atoms with Crippen molar-refractivity contribution in [1.29, 1.82) is 0 Å². The summed E-state index contributed by atoms with van der Waals surface area (Å²) >= 11 is 0. The Bertz CT molecular complexity index is 444. The highest BCUT2D eigenvalue weighted by Crippen LogP contribution is 2.18. The molecule has 24 heavy (non-hydrogen) atoms. The Morgan fingerprint density at radius 1 is 1.17 bits per heavy atom. The van der Waals surface area contributed by atoms with Gasteiger partial charge in [0.15, 0.2) is 5.96 Å². The maximum Gasteiger partial charge on any atom is 0.219 e. The Hall–Kier alpha value is -1.34. The Balaban J connectivity index is 1.88. The maximum absolute atomic E-state index is 11.5. The van der Waals surface area contributed by atoms with Gasteiger partial charge in [0, 0.05) is 58.3 Å². The predicted molar refractivity (Wildman–Crippen MR) is 96.3 cm³/mol. The molecule has 1 N–H and O–H groups in total. The monoisotopic (exact) mass is 339 g/mol. The summed E-state index contributed by atoms with van der Waals surface area (Å²) < 4.78 is 5.58. The van der Waals surface area contributed by atoms with Gasteiger partial charge in [0.25, 0.3) is 0 Å². The number of nitrogens with one attached hydrogen (secondary N) is 1. The molecule has 2 aliphatic rings. The highest BCUT2D eigenvalue weighted by molar-refractivity contribution is 5.80. The summed E-state index contributed by atoms with van der Waals surface area (Å²) in [7, 11) is 0. The van der Waals surface area contributed by atoms with Crippen molar-refractivity contribution < 1.29 is 9.53 Å². The van der Waals surface area contributed by atoms with Gasteiger partial charge in [0.05, 0.1) is 19.8 Å². The van der Waals surface area contributed by atoms with E-state index in [0.29, 0.717) is 0 Å². The minimum Gasteiger partial charge on any atom is -0.378 e. The zero-order valence-electron chi connectivity index (χ0n) is 15.7. The third-order valence-electron chi connectivity index (χ3n) is 4.81. The molecule has 2 aliphatic heterocycles. The van der Waals surface area contributed by atoms with Gasteiger partial charge in [-0.3, -0.25) is 14.7 Å². The van der Waals surface area contributed by atoms with Crippen molar-refractivity contribution in [1.82, 2.24) is 20.0 Å². The van der Waals surface area contributed by atoms with Crippen molar-refractivity contribution in [3.63, 3.8) is 0 Å². The van der Waals surface area contributed by atoms with Crippen molar-refractivity contribution in [3.8, 4) is 0 Å². The van der Waals surface area contributed by atoms with Gasteiger partial charge >= 0.3 is 0 Å². The molecule has 0 aromatic heterocycles. The highest BCUT2D eigenvalue weighted by atomic mass is 16.5. The van der Waals surface area contributed by atoms with Crippen molar-refractivity contribution in [2.75, 3.05) is 65.6 Å². The van der Waals surface area contributed by atoms with Gasteiger partial charge in [-0.1, -0.05) is 0 Å². The molecule has 0 aromatic rings. The molecule has 0 atom stereocenters. The number of carbonyl (C=O) groups is 1. The molecule has 0 aromatic carbocycles. The van der Waals surface area contributed by atoms with Crippen LogP contribution in [0.2, 0.25) is 0 Å². The van der Waals surface area contributed by atoms with Crippen LogP contribution in [0.3, 0.4) is 0 Å². The van der Waals surface area contributed by atoms with Gasteiger partial charge in [-0.05, 0) is 20.8 Å². The first-order valence-corrected chi connectivity index (χ1v) is 9.05. The lowest BCUT2D eigenvalue weighted by Crippen LogP contribution is -2.54. The Kier molecular flexibility index (Phi) is 6.86. The zero-order chi connectivity index (χ0) is 17.6. The van der Waals surface area contributed by atoms with Crippen LogP contribution in [0, 0.1) is 0 Å². The second kappa shape index (κ2) is 8.67. The minimum absolute atomic E-state index is 0.0826. The fourth-order valence-corrected chi connectivity index (χ4v) is 3.24. The van der Waals surface area contributed by atoms with E-state index in [1.54, 1.807) is 6.92 Å². The molecule has 7 heteroatoms. The molecule has 0 radical (unpaired) electrons. The second-order valence-corrected chi connectivity index (χ2v) is 7.08. The van der Waals surface area contributed by atoms with Crippen LogP contribution in [-0.2, 0) is 9.53 Å². The van der Waals surface area contributed by atoms with E-state index in [1.165, 1.54) is 0 Å². The molecule has 0 unspecified atom stereocenters. The van der Waals surface area contributed by atoms with Crippen molar-refractivity contribution in [2.24, 2.45) is 4.99 Å². The maximum atomic E-state index is 11.5. The zero-order valence-corrected chi connectivity index (χ0v) is 15.7. The Morgan fingerprint density at radius 3 is 2.42 bits per heavy atom. The molecule has 1 amide bonds. The normalized spacial score (nSPS) is 22.6. The van der Waals surface area contributed by atoms with E-state index in [1.807, 2.05) is 4.90 Å². The second-order valence-electron chi connectivity index (χ2n) is 7.08. The van der Waals surface area contributed by atoms with Gasteiger partial charge in [0.1, 0.15) is 0 Å². The van der Waals surface area contributed by atoms with E-state index in [9.17, 15) is 4.79 Å². The molecule has 0 spiro atoms. The Morgan fingerprint density at radius 2 is 1.83 bits per heavy atom. The number of morpholine rings is 1. The molecule has 2 fully saturated rings. The van der Waals surface area contributed by atoms with E-state index in [2.05, 4.69) is 35.9 Å². The van der Waals surface area contributed by atoms with Crippen LogP contribution >= 0.6 is 0 Å². The summed E-state index contributed by atoms with van der Waals surface area (Å²) in [5.41, 5.74) is 0.0826. The largest absolute Gasteiger partial charge is 0.378 e. The van der Waals surface area contributed by atoms with Crippen molar-refractivity contribution in [3.05, 3.63) is 0 Å². The summed E-state index contributed by atoms with van der Waals surface area (Å²) in [6.07, 6.45) is 0. The number of guanidine groups is 1. The topological polar surface area (TPSA) is 60.4 Å². The standard InChI is InChI=1S/C17H33N5O2/c1-5-18-16(21-10-8-20(9-11-21)15(2)23)19-6-7-22-12-13-24-14-17(22,3)4/h5-14H2,1-4H3,(H,18,19). The number of piperazine rings is 1. The molecular formula is C17H33N5O2. The van der Waals surface area contributed by atoms with Crippen LogP contribution in [0.25, 0.3) is 0 Å². The van der Waals surface area contributed by atoms with Crippen LogP contribution < -0.4 is 5.32 Å². The number of hydrogen-bond acceptors (Lipinski definition) is 4. The molecule has 0 aliphatic carbocycles. The third-order valence-corrected chi connectivity index (χ3v) is 4.81. The number of hydrogen-bond donors (Lipinski definition) is 1. The summed E-state index contributed by atoms with van der Waals surface area (Å²) in [5, 5.41) is 3.38. The lowest BCUT2D eigenvalue weighted by molar-refractivity contribution is -0.130. The third kappa shape index (κ3) is 5.08. The number of ether oxygens (including phenoxy) is 1. The van der Waals surface area contributed by atoms with Gasteiger partial charge in [-0.2, -0.15) is 0 Å². The van der Waals surface area contributed by atoms with Crippen LogP contribution in [0.15, 0.2) is 4.99 Å². The minimum atomic E-state index is 0.0826. The molecule has 0 saturated carbocycles. The number of nitrogens with zero attached hydrogens (tertiary/aromatic N) is 4. The molecule has 2 saturated heterocycles. The molecule has 138 valence electrons. The van der Waals surface area contributed by atoms with E-state index < -0.39 is 0 Å². The molecular weight excluding hydrogens is 306 g/mol. The quantitative estimate of drug-likeness (QED) is 0.587. The number of aliphatic imine (C=N–C) groups is 1. The average Bonchev–Trinajstić information content (AvgIpc) is 2.55. The molecule has 7 nitrogen and oxygen atoms in total. The first-order valence-electron chi connectivity index (χ1n) is 9.05. The highest BCUT2D eigenvalue weighted by Gasteiger charge is 2.30. The lowest BCUT2D eigenvalue weighted by Gasteiger charge is -2.42. The lowest BCUT2D eigenvalue weighted by atomic mass is 10.0. The summed E-state index contributed by atoms with van der Waals surface area (Å²) in [5.74, 6) is 1.12. The Labute approximate surface area is 146 Å². The van der Waals surface area contributed by atoms with Crippen LogP contribution in [0.5, 0.6) is 0 Å². The van der Waals surface area contributed by atoms with Gasteiger partial charge in [0.2, 0.25) is 5.91 Å². The van der Waals surface area contributed by atoms with E-state index in [4.69, 9.17) is 9.73 Å². The van der Waals surface area contributed by atoms with Crippen molar-refractivity contribution in [2.45, 2.75) is 33.2 Å². The molecule has 0 bridgehead atoms. The van der Waals surface area contributed by atoms with E-state index >= 15 is 0 Å². The predicted octanol–water partition coefficient (Wildman–Crippen LogP) is 0.227. The SMILES string of the molecule is CCNC(=NCCN1CCOCC1(C)C)N1CCN(C(C)=O)CC1. The number of rotatable bonds is 4. The van der Waals surface area contributed by atoms with Gasteiger partial charge in [-0.15, -0.1) is 0 Å². The summed E-state index contributed by atoms with van der Waals surface area (Å²) in [4.78, 5) is 22.9. The summed E-state index contributed by atoms with van der Waals surface area (Å²) in [6, 6.07) is 0. The van der Waals surface area contributed by atoms with Crippen LogP contribution in [-0.4, -0.2) is 97.7 Å². The summed E-state index contributed by atoms with van der Waals surface area (Å²) in [6.45, 7) is 16.5. The van der Waals surface area contributed by atoms with Crippen LogP contribution in [0.4, 0.5) is 0 Å². The first kappa shape index (κ1) is 19.0. The number of amides is 1. The number of carbonyl (C=O) groups excluding carboxylic acids is 1. The van der Waals surface area contributed by atoms with Gasteiger partial charge < -0.3 is 19.9 Å². The molecule has 2 heterocycles. The average molecular weight is 339 g/mol. The van der Waals surface area contributed by atoms with E-state index in [0.717, 1.165) is 71.5 Å². The fraction of sp³-hybridized carbons (Fsp3) is 0.882. The molecule has 2 rings (SSSR count). The fourth-order valence-electron chi connectivity index (χ4n) is 3.24. The van der Waals surface area contributed by atoms with E-state index in [-0.39, 0.29) is 11.4 Å². The van der Waals surface area contributed by atoms with Gasteiger partial charge in [-0.25, -0.2) is 0 Å². The smallest absolute Gasteiger partial charge is 0.219 e.